The summed E-state index contributed by atoms with van der Waals surface area (Å²) < 4.78 is 1.38. The fourth-order valence-corrected chi connectivity index (χ4v) is 2.74. The molecule has 0 aliphatic carbocycles. The summed E-state index contributed by atoms with van der Waals surface area (Å²) in [5.41, 5.74) is 1.56. The first-order valence-electron chi connectivity index (χ1n) is 6.92. The van der Waals surface area contributed by atoms with Crippen molar-refractivity contribution < 1.29 is 4.79 Å². The van der Waals surface area contributed by atoms with Crippen molar-refractivity contribution in [2.45, 2.75) is 31.3 Å². The molecular weight excluding hydrogens is 300 g/mol. The number of aromatic amines is 1. The monoisotopic (exact) mass is 320 g/mol. The number of anilines is 1. The van der Waals surface area contributed by atoms with Crippen LogP contribution in [0.1, 0.15) is 26.3 Å². The number of benzene rings is 1. The van der Waals surface area contributed by atoms with Crippen LogP contribution in [0.15, 0.2) is 34.2 Å². The van der Waals surface area contributed by atoms with Crippen molar-refractivity contribution in [3.8, 4) is 0 Å². The van der Waals surface area contributed by atoms with Crippen LogP contribution in [0.4, 0.5) is 5.69 Å². The third-order valence-electron chi connectivity index (χ3n) is 3.18. The molecule has 0 fully saturated rings. The number of aromatic nitrogens is 3. The molecule has 1 aromatic carbocycles. The van der Waals surface area contributed by atoms with E-state index in [0.717, 1.165) is 11.3 Å². The van der Waals surface area contributed by atoms with E-state index < -0.39 is 0 Å². The van der Waals surface area contributed by atoms with Crippen LogP contribution in [0, 0.1) is 0 Å². The minimum atomic E-state index is -0.291. The van der Waals surface area contributed by atoms with Crippen molar-refractivity contribution >= 4 is 23.4 Å². The Labute approximate surface area is 133 Å². The molecule has 0 bridgehead atoms. The van der Waals surface area contributed by atoms with Gasteiger partial charge in [0.1, 0.15) is 0 Å². The Morgan fingerprint density at radius 1 is 1.36 bits per heavy atom. The number of carbonyl (C=O) groups excluding carboxylic acids is 1. The number of amides is 1. The second-order valence-corrected chi connectivity index (χ2v) is 6.95. The lowest BCUT2D eigenvalue weighted by atomic mass is 9.86. The fraction of sp³-hybridized carbons (Fsp3) is 0.400. The molecule has 1 heterocycles. The lowest BCUT2D eigenvalue weighted by Crippen LogP contribution is -2.20. The molecule has 0 radical (unpaired) electrons. The Kier molecular flexibility index (Phi) is 4.75. The molecule has 6 nitrogen and oxygen atoms in total. The Morgan fingerprint density at radius 3 is 2.64 bits per heavy atom. The molecule has 0 atom stereocenters. The van der Waals surface area contributed by atoms with E-state index in [-0.39, 0.29) is 22.8 Å². The van der Waals surface area contributed by atoms with Crippen LogP contribution in [0.25, 0.3) is 0 Å². The van der Waals surface area contributed by atoms with Gasteiger partial charge in [0.25, 0.3) is 0 Å². The number of hydrogen-bond donors (Lipinski definition) is 2. The van der Waals surface area contributed by atoms with Crippen LogP contribution >= 0.6 is 11.8 Å². The normalized spacial score (nSPS) is 11.5. The predicted octanol–water partition coefficient (Wildman–Crippen LogP) is 2.14. The average molecular weight is 320 g/mol. The van der Waals surface area contributed by atoms with Crippen molar-refractivity contribution in [3.63, 3.8) is 0 Å². The van der Waals surface area contributed by atoms with E-state index in [1.807, 2.05) is 24.3 Å². The first-order valence-corrected chi connectivity index (χ1v) is 7.91. The summed E-state index contributed by atoms with van der Waals surface area (Å²) in [6.45, 7) is 6.31. The van der Waals surface area contributed by atoms with Gasteiger partial charge in [0.15, 0.2) is 5.16 Å². The van der Waals surface area contributed by atoms with Crippen molar-refractivity contribution in [2.24, 2.45) is 7.05 Å². The number of thioether (sulfide) groups is 1. The van der Waals surface area contributed by atoms with E-state index in [9.17, 15) is 9.59 Å². The summed E-state index contributed by atoms with van der Waals surface area (Å²) in [5, 5.41) is 9.62. The summed E-state index contributed by atoms with van der Waals surface area (Å²) in [6.07, 6.45) is 0. The maximum absolute atomic E-state index is 12.1. The van der Waals surface area contributed by atoms with Gasteiger partial charge in [-0.1, -0.05) is 50.7 Å². The third kappa shape index (κ3) is 3.79. The van der Waals surface area contributed by atoms with Gasteiger partial charge in [-0.05, 0) is 17.0 Å². The van der Waals surface area contributed by atoms with Crippen molar-refractivity contribution in [3.05, 3.63) is 40.3 Å². The molecule has 0 aliphatic rings. The van der Waals surface area contributed by atoms with Crippen LogP contribution in [0.2, 0.25) is 0 Å². The summed E-state index contributed by atoms with van der Waals surface area (Å²) >= 11 is 1.22. The summed E-state index contributed by atoms with van der Waals surface area (Å²) in [7, 11) is 1.61. The Bertz CT molecular complexity index is 728. The van der Waals surface area contributed by atoms with Crippen LogP contribution < -0.4 is 11.0 Å². The van der Waals surface area contributed by atoms with Gasteiger partial charge in [0.05, 0.1) is 5.75 Å². The molecule has 2 rings (SSSR count). The van der Waals surface area contributed by atoms with Gasteiger partial charge in [-0.15, -0.1) is 5.10 Å². The van der Waals surface area contributed by atoms with E-state index in [4.69, 9.17) is 0 Å². The third-order valence-corrected chi connectivity index (χ3v) is 4.21. The van der Waals surface area contributed by atoms with E-state index in [1.165, 1.54) is 16.3 Å². The zero-order chi connectivity index (χ0) is 16.3. The quantitative estimate of drug-likeness (QED) is 0.846. The van der Waals surface area contributed by atoms with E-state index in [0.29, 0.717) is 5.16 Å². The number of nitrogens with zero attached hydrogens (tertiary/aromatic N) is 2. The number of hydrogen-bond acceptors (Lipinski definition) is 4. The number of carbonyl (C=O) groups is 1. The fourth-order valence-electron chi connectivity index (χ4n) is 2.02. The second-order valence-electron chi connectivity index (χ2n) is 6.00. The van der Waals surface area contributed by atoms with E-state index >= 15 is 0 Å². The van der Waals surface area contributed by atoms with Crippen LogP contribution in [-0.4, -0.2) is 26.4 Å². The minimum Gasteiger partial charge on any atom is -0.325 e. The van der Waals surface area contributed by atoms with E-state index in [2.05, 4.69) is 36.3 Å². The molecule has 0 saturated heterocycles. The molecule has 0 aliphatic heterocycles. The predicted molar refractivity (Wildman–Crippen MR) is 88.3 cm³/mol. The highest BCUT2D eigenvalue weighted by Gasteiger charge is 2.18. The summed E-state index contributed by atoms with van der Waals surface area (Å²) in [4.78, 5) is 23.4. The average Bonchev–Trinajstić information content (AvgIpc) is 2.76. The lowest BCUT2D eigenvalue weighted by molar-refractivity contribution is -0.113. The molecule has 1 aromatic heterocycles. The van der Waals surface area contributed by atoms with Crippen molar-refractivity contribution in [1.82, 2.24) is 14.8 Å². The SMILES string of the molecule is Cn1c(SCC(=O)Nc2ccccc2C(C)(C)C)n[nH]c1=O. The second kappa shape index (κ2) is 6.39. The molecule has 0 saturated carbocycles. The largest absolute Gasteiger partial charge is 0.343 e. The number of para-hydroxylation sites is 1. The number of rotatable bonds is 4. The maximum atomic E-state index is 12.1. The number of nitrogens with one attached hydrogen (secondary N) is 2. The molecule has 0 unspecified atom stereocenters. The van der Waals surface area contributed by atoms with Crippen molar-refractivity contribution in [1.29, 1.82) is 0 Å². The zero-order valence-electron chi connectivity index (χ0n) is 13.1. The smallest absolute Gasteiger partial charge is 0.325 e. The molecule has 0 spiro atoms. The van der Waals surface area contributed by atoms with Gasteiger partial charge in [0.2, 0.25) is 5.91 Å². The first-order chi connectivity index (χ1) is 10.3. The van der Waals surface area contributed by atoms with Gasteiger partial charge in [-0.2, -0.15) is 0 Å². The van der Waals surface area contributed by atoms with Gasteiger partial charge in [0, 0.05) is 12.7 Å². The van der Waals surface area contributed by atoms with E-state index in [1.54, 1.807) is 7.05 Å². The van der Waals surface area contributed by atoms with Gasteiger partial charge >= 0.3 is 5.69 Å². The lowest BCUT2D eigenvalue weighted by Gasteiger charge is -2.22. The topological polar surface area (TPSA) is 79.8 Å². The van der Waals surface area contributed by atoms with Crippen LogP contribution in [-0.2, 0) is 17.3 Å². The van der Waals surface area contributed by atoms with Crippen LogP contribution in [0.5, 0.6) is 0 Å². The molecule has 118 valence electrons. The molecule has 1 amide bonds. The highest BCUT2D eigenvalue weighted by molar-refractivity contribution is 7.99. The Morgan fingerprint density at radius 2 is 2.05 bits per heavy atom. The van der Waals surface area contributed by atoms with Crippen LogP contribution in [0.3, 0.4) is 0 Å². The summed E-state index contributed by atoms with van der Waals surface area (Å²) in [5.74, 6) is 0.0634. The summed E-state index contributed by atoms with van der Waals surface area (Å²) in [6, 6.07) is 7.77. The standard InChI is InChI=1S/C15H20N4O2S/c1-15(2,3)10-7-5-6-8-11(10)16-12(20)9-22-14-18-17-13(21)19(14)4/h5-8H,9H2,1-4H3,(H,16,20)(H,17,21). The Balaban J connectivity index is 2.04. The minimum absolute atomic E-state index is 0.0525. The first kappa shape index (κ1) is 16.4. The van der Waals surface area contributed by atoms with Gasteiger partial charge in [-0.3, -0.25) is 9.36 Å². The Hall–Kier alpha value is -2.02. The van der Waals surface area contributed by atoms with Gasteiger partial charge in [-0.25, -0.2) is 9.89 Å². The molecule has 2 aromatic rings. The molecule has 2 N–H and O–H groups in total. The maximum Gasteiger partial charge on any atom is 0.343 e. The zero-order valence-corrected chi connectivity index (χ0v) is 14.0. The molecule has 7 heteroatoms. The highest BCUT2D eigenvalue weighted by Crippen LogP contribution is 2.29. The van der Waals surface area contributed by atoms with Crippen molar-refractivity contribution in [2.75, 3.05) is 11.1 Å². The highest BCUT2D eigenvalue weighted by atomic mass is 32.2. The van der Waals surface area contributed by atoms with Gasteiger partial charge < -0.3 is 5.32 Å². The molecular formula is C15H20N4O2S. The number of H-pyrrole nitrogens is 1. The molecule has 22 heavy (non-hydrogen) atoms.